The third-order valence-corrected chi connectivity index (χ3v) is 2.67. The van der Waals surface area contributed by atoms with Gasteiger partial charge in [0, 0.05) is 31.0 Å². The first-order valence-electron chi connectivity index (χ1n) is 5.89. The number of nitrogens with zero attached hydrogens (tertiary/aromatic N) is 3. The summed E-state index contributed by atoms with van der Waals surface area (Å²) in [5.41, 5.74) is 0.697. The van der Waals surface area contributed by atoms with Gasteiger partial charge in [0.25, 0.3) is 5.91 Å². The van der Waals surface area contributed by atoms with Crippen molar-refractivity contribution in [3.63, 3.8) is 0 Å². The van der Waals surface area contributed by atoms with Crippen molar-refractivity contribution in [1.29, 1.82) is 0 Å². The maximum absolute atomic E-state index is 11.9. The number of carbonyl (C=O) groups is 1. The van der Waals surface area contributed by atoms with Crippen LogP contribution >= 0.6 is 0 Å². The lowest BCUT2D eigenvalue weighted by Gasteiger charge is -2.16. The van der Waals surface area contributed by atoms with Crippen LogP contribution < -0.4 is 5.32 Å². The summed E-state index contributed by atoms with van der Waals surface area (Å²) in [4.78, 5) is 15.9. The van der Waals surface area contributed by atoms with Crippen LogP contribution in [0, 0.1) is 6.92 Å². The van der Waals surface area contributed by atoms with E-state index in [1.807, 2.05) is 17.7 Å². The van der Waals surface area contributed by atoms with Crippen LogP contribution in [0.5, 0.6) is 0 Å². The van der Waals surface area contributed by atoms with Crippen molar-refractivity contribution in [2.24, 2.45) is 0 Å². The zero-order valence-electron chi connectivity index (χ0n) is 10.5. The molecule has 0 bridgehead atoms. The number of aromatic nitrogens is 3. The molecule has 0 aliphatic rings. The smallest absolute Gasteiger partial charge is 0.290 e. The number of amides is 1. The number of nitrogens with one attached hydrogen (secondary N) is 1. The average molecular weight is 248 g/mol. The molecule has 2 heterocycles. The van der Waals surface area contributed by atoms with Crippen molar-refractivity contribution in [1.82, 2.24) is 20.0 Å². The second kappa shape index (κ2) is 5.48. The molecule has 1 N–H and O–H groups in total. The summed E-state index contributed by atoms with van der Waals surface area (Å²) >= 11 is 0. The largest absolute Gasteiger partial charge is 0.351 e. The monoisotopic (exact) mass is 248 g/mol. The number of hydrogen-bond acceptors (Lipinski definition) is 4. The van der Waals surface area contributed by atoms with Gasteiger partial charge in [0.1, 0.15) is 0 Å². The molecule has 2 aromatic heterocycles. The summed E-state index contributed by atoms with van der Waals surface area (Å²) < 4.78 is 6.86. The van der Waals surface area contributed by atoms with Crippen molar-refractivity contribution in [3.8, 4) is 0 Å². The highest BCUT2D eigenvalue weighted by Crippen LogP contribution is 2.04. The van der Waals surface area contributed by atoms with E-state index in [0.717, 1.165) is 6.42 Å². The minimum Gasteiger partial charge on any atom is -0.351 e. The van der Waals surface area contributed by atoms with Crippen LogP contribution in [-0.4, -0.2) is 26.7 Å². The average Bonchev–Trinajstić information content (AvgIpc) is 2.99. The lowest BCUT2D eigenvalue weighted by atomic mass is 10.2. The van der Waals surface area contributed by atoms with Crippen LogP contribution in [-0.2, 0) is 6.54 Å². The number of imidazole rings is 1. The van der Waals surface area contributed by atoms with E-state index in [2.05, 4.69) is 15.5 Å². The molecular weight excluding hydrogens is 232 g/mol. The molecule has 18 heavy (non-hydrogen) atoms. The van der Waals surface area contributed by atoms with E-state index in [1.165, 1.54) is 0 Å². The first-order valence-corrected chi connectivity index (χ1v) is 5.89. The fourth-order valence-electron chi connectivity index (χ4n) is 1.65. The summed E-state index contributed by atoms with van der Waals surface area (Å²) in [5.74, 6) is 0.0131. The van der Waals surface area contributed by atoms with Gasteiger partial charge in [-0.1, -0.05) is 12.1 Å². The van der Waals surface area contributed by atoms with Crippen molar-refractivity contribution >= 4 is 5.91 Å². The highest BCUT2D eigenvalue weighted by molar-refractivity contribution is 5.91. The van der Waals surface area contributed by atoms with E-state index >= 15 is 0 Å². The lowest BCUT2D eigenvalue weighted by Crippen LogP contribution is -2.37. The van der Waals surface area contributed by atoms with Crippen molar-refractivity contribution in [2.45, 2.75) is 32.9 Å². The maximum Gasteiger partial charge on any atom is 0.290 e. The number of hydrogen-bond donors (Lipinski definition) is 1. The van der Waals surface area contributed by atoms with Crippen LogP contribution in [0.15, 0.2) is 29.3 Å². The molecule has 0 radical (unpaired) electrons. The van der Waals surface area contributed by atoms with Gasteiger partial charge in [0.2, 0.25) is 5.76 Å². The normalized spacial score (nSPS) is 12.3. The number of rotatable bonds is 5. The predicted octanol–water partition coefficient (Wildman–Crippen LogP) is 1.39. The molecule has 0 spiro atoms. The Balaban J connectivity index is 1.96. The van der Waals surface area contributed by atoms with Crippen LogP contribution in [0.25, 0.3) is 0 Å². The van der Waals surface area contributed by atoms with Gasteiger partial charge in [-0.2, -0.15) is 0 Å². The second-order valence-electron chi connectivity index (χ2n) is 4.17. The van der Waals surface area contributed by atoms with Gasteiger partial charge in [0.05, 0.1) is 12.0 Å². The molecule has 96 valence electrons. The Morgan fingerprint density at radius 2 is 2.44 bits per heavy atom. The Morgan fingerprint density at radius 3 is 3.00 bits per heavy atom. The van der Waals surface area contributed by atoms with Gasteiger partial charge in [-0.05, 0) is 13.3 Å². The SMILES string of the molecule is CC[C@H](Cn1ccnc1)NC(=O)c1cc(C)no1. The topological polar surface area (TPSA) is 73.0 Å². The molecule has 0 saturated carbocycles. The maximum atomic E-state index is 11.9. The summed E-state index contributed by atoms with van der Waals surface area (Å²) in [6.07, 6.45) is 6.15. The Hall–Kier alpha value is -2.11. The van der Waals surface area contributed by atoms with Crippen LogP contribution in [0.4, 0.5) is 0 Å². The van der Waals surface area contributed by atoms with Crippen molar-refractivity contribution in [2.75, 3.05) is 0 Å². The standard InChI is InChI=1S/C12H16N4O2/c1-3-10(7-16-5-4-13-8-16)14-12(17)11-6-9(2)15-18-11/h4-6,8,10H,3,7H2,1-2H3,(H,14,17)/t10-/m1/s1. The molecule has 1 amide bonds. The Kier molecular flexibility index (Phi) is 3.76. The van der Waals surface area contributed by atoms with Crippen molar-refractivity contribution in [3.05, 3.63) is 36.2 Å². The van der Waals surface area contributed by atoms with E-state index in [1.54, 1.807) is 25.5 Å². The quantitative estimate of drug-likeness (QED) is 0.867. The molecule has 0 unspecified atom stereocenters. The molecule has 0 aromatic carbocycles. The minimum atomic E-state index is -0.234. The third-order valence-electron chi connectivity index (χ3n) is 2.67. The molecule has 1 atom stereocenters. The summed E-state index contributed by atoms with van der Waals surface area (Å²) in [7, 11) is 0. The van der Waals surface area contributed by atoms with E-state index in [9.17, 15) is 4.79 Å². The Morgan fingerprint density at radius 1 is 1.61 bits per heavy atom. The minimum absolute atomic E-state index is 0.0390. The fourth-order valence-corrected chi connectivity index (χ4v) is 1.65. The van der Waals surface area contributed by atoms with E-state index in [-0.39, 0.29) is 17.7 Å². The molecule has 2 rings (SSSR count). The Labute approximate surface area is 105 Å². The third kappa shape index (κ3) is 2.97. The molecule has 0 saturated heterocycles. The Bertz CT molecular complexity index is 504. The molecule has 0 aliphatic heterocycles. The van der Waals surface area contributed by atoms with Gasteiger partial charge >= 0.3 is 0 Å². The van der Waals surface area contributed by atoms with E-state index in [4.69, 9.17) is 4.52 Å². The van der Waals surface area contributed by atoms with E-state index in [0.29, 0.717) is 12.2 Å². The zero-order valence-corrected chi connectivity index (χ0v) is 10.5. The highest BCUT2D eigenvalue weighted by Gasteiger charge is 2.16. The van der Waals surface area contributed by atoms with Gasteiger partial charge in [0.15, 0.2) is 0 Å². The summed E-state index contributed by atoms with van der Waals surface area (Å²) in [6.45, 7) is 4.49. The molecule has 6 nitrogen and oxygen atoms in total. The van der Waals surface area contributed by atoms with Crippen molar-refractivity contribution < 1.29 is 9.32 Å². The van der Waals surface area contributed by atoms with Gasteiger partial charge in [-0.15, -0.1) is 0 Å². The molecule has 0 fully saturated rings. The van der Waals surface area contributed by atoms with Crippen LogP contribution in [0.3, 0.4) is 0 Å². The zero-order chi connectivity index (χ0) is 13.0. The first-order chi connectivity index (χ1) is 8.69. The van der Waals surface area contributed by atoms with E-state index < -0.39 is 0 Å². The summed E-state index contributed by atoms with van der Waals surface area (Å²) in [5, 5.41) is 6.61. The number of carbonyl (C=O) groups excluding carboxylic acids is 1. The molecule has 2 aromatic rings. The lowest BCUT2D eigenvalue weighted by molar-refractivity contribution is 0.0894. The molecule has 0 aliphatic carbocycles. The second-order valence-corrected chi connectivity index (χ2v) is 4.17. The fraction of sp³-hybridized carbons (Fsp3) is 0.417. The van der Waals surface area contributed by atoms with Crippen LogP contribution in [0.1, 0.15) is 29.6 Å². The van der Waals surface area contributed by atoms with Crippen LogP contribution in [0.2, 0.25) is 0 Å². The highest BCUT2D eigenvalue weighted by atomic mass is 16.5. The number of aryl methyl sites for hydroxylation is 1. The van der Waals surface area contributed by atoms with Gasteiger partial charge in [-0.25, -0.2) is 4.98 Å². The molecular formula is C12H16N4O2. The first kappa shape index (κ1) is 12.3. The predicted molar refractivity (Wildman–Crippen MR) is 65.0 cm³/mol. The summed E-state index contributed by atoms with van der Waals surface area (Å²) in [6, 6.07) is 1.66. The molecule has 6 heteroatoms. The van der Waals surface area contributed by atoms with Gasteiger partial charge < -0.3 is 14.4 Å². The van der Waals surface area contributed by atoms with Gasteiger partial charge in [-0.3, -0.25) is 4.79 Å².